The van der Waals surface area contributed by atoms with E-state index in [1.807, 2.05) is 0 Å². The summed E-state index contributed by atoms with van der Waals surface area (Å²) in [5.41, 5.74) is 0.866. The summed E-state index contributed by atoms with van der Waals surface area (Å²) in [4.78, 5) is 22.7. The minimum Gasteiger partial charge on any atom is -0.481 e. The molecule has 8 heteroatoms. The van der Waals surface area contributed by atoms with E-state index in [9.17, 15) is 14.0 Å². The normalized spacial score (nSPS) is 19.9. The summed E-state index contributed by atoms with van der Waals surface area (Å²) < 4.78 is 14.6. The monoisotopic (exact) mass is 318 g/mol. The van der Waals surface area contributed by atoms with E-state index in [0.717, 1.165) is 0 Å². The summed E-state index contributed by atoms with van der Waals surface area (Å²) in [7, 11) is 0. The van der Waals surface area contributed by atoms with Gasteiger partial charge in [0.2, 0.25) is 0 Å². The fraction of sp³-hybridized carbons (Fsp3) is 0.333. The first-order valence-electron chi connectivity index (χ1n) is 7.19. The molecule has 0 saturated heterocycles. The third-order valence-corrected chi connectivity index (χ3v) is 3.83. The number of carboxylic acid groups (broad SMARTS) is 1. The van der Waals surface area contributed by atoms with Gasteiger partial charge in [-0.15, -0.1) is 5.10 Å². The summed E-state index contributed by atoms with van der Waals surface area (Å²) in [6.45, 7) is 0.308. The Morgan fingerprint density at radius 3 is 2.87 bits per heavy atom. The van der Waals surface area contributed by atoms with Crippen LogP contribution in [0.15, 0.2) is 30.5 Å². The van der Waals surface area contributed by atoms with Gasteiger partial charge in [0.15, 0.2) is 5.69 Å². The van der Waals surface area contributed by atoms with Gasteiger partial charge in [-0.1, -0.05) is 17.3 Å². The molecular weight excluding hydrogens is 303 g/mol. The highest BCUT2D eigenvalue weighted by atomic mass is 19.1. The summed E-state index contributed by atoms with van der Waals surface area (Å²) >= 11 is 0. The lowest BCUT2D eigenvalue weighted by Crippen LogP contribution is -2.46. The Morgan fingerprint density at radius 1 is 1.39 bits per heavy atom. The van der Waals surface area contributed by atoms with Crippen LogP contribution in [-0.4, -0.2) is 38.0 Å². The van der Waals surface area contributed by atoms with Gasteiger partial charge >= 0.3 is 5.97 Å². The molecule has 0 bridgehead atoms. The van der Waals surface area contributed by atoms with Crippen LogP contribution in [0.1, 0.15) is 28.9 Å². The van der Waals surface area contributed by atoms with Crippen LogP contribution in [0.3, 0.4) is 0 Å². The second-order valence-electron chi connectivity index (χ2n) is 5.61. The number of rotatable bonds is 5. The largest absolute Gasteiger partial charge is 0.481 e. The second kappa shape index (κ2) is 6.15. The van der Waals surface area contributed by atoms with Gasteiger partial charge in [-0.3, -0.25) is 9.59 Å². The molecule has 1 amide bonds. The van der Waals surface area contributed by atoms with Gasteiger partial charge < -0.3 is 10.4 Å². The molecule has 0 aliphatic heterocycles. The number of benzene rings is 1. The number of hydrogen-bond acceptors (Lipinski definition) is 4. The van der Waals surface area contributed by atoms with E-state index in [0.29, 0.717) is 24.9 Å². The van der Waals surface area contributed by atoms with Gasteiger partial charge in [0, 0.05) is 6.04 Å². The summed E-state index contributed by atoms with van der Waals surface area (Å²) in [5.74, 6) is -1.94. The first-order valence-corrected chi connectivity index (χ1v) is 7.19. The van der Waals surface area contributed by atoms with E-state index < -0.39 is 5.97 Å². The Labute approximate surface area is 131 Å². The van der Waals surface area contributed by atoms with E-state index in [1.54, 1.807) is 12.1 Å². The third-order valence-electron chi connectivity index (χ3n) is 3.83. The van der Waals surface area contributed by atoms with Crippen molar-refractivity contribution in [2.24, 2.45) is 5.92 Å². The SMILES string of the molecule is O=C(NC1CC(C(=O)O)C1)c1cn(Cc2cccc(F)c2)nn1. The van der Waals surface area contributed by atoms with Gasteiger partial charge in [-0.2, -0.15) is 0 Å². The molecule has 0 unspecified atom stereocenters. The molecule has 1 saturated carbocycles. The van der Waals surface area contributed by atoms with Crippen molar-refractivity contribution in [1.82, 2.24) is 20.3 Å². The molecule has 1 aromatic heterocycles. The number of carboxylic acids is 1. The fourth-order valence-corrected chi connectivity index (χ4v) is 2.50. The third kappa shape index (κ3) is 3.53. The molecule has 2 N–H and O–H groups in total. The van der Waals surface area contributed by atoms with Crippen LogP contribution in [-0.2, 0) is 11.3 Å². The van der Waals surface area contributed by atoms with Crippen molar-refractivity contribution in [3.63, 3.8) is 0 Å². The lowest BCUT2D eigenvalue weighted by molar-refractivity contribution is -0.145. The molecule has 120 valence electrons. The molecule has 0 spiro atoms. The van der Waals surface area contributed by atoms with Crippen LogP contribution in [0, 0.1) is 11.7 Å². The molecule has 7 nitrogen and oxygen atoms in total. The topological polar surface area (TPSA) is 97.1 Å². The van der Waals surface area contributed by atoms with Crippen LogP contribution < -0.4 is 5.32 Å². The highest BCUT2D eigenvalue weighted by Gasteiger charge is 2.35. The van der Waals surface area contributed by atoms with Crippen molar-refractivity contribution >= 4 is 11.9 Å². The maximum absolute atomic E-state index is 13.1. The van der Waals surface area contributed by atoms with Gasteiger partial charge in [0.25, 0.3) is 5.91 Å². The number of hydrogen-bond donors (Lipinski definition) is 2. The number of amides is 1. The Morgan fingerprint density at radius 2 is 2.17 bits per heavy atom. The fourth-order valence-electron chi connectivity index (χ4n) is 2.50. The number of nitrogens with zero attached hydrogens (tertiary/aromatic N) is 3. The molecular formula is C15H15FN4O3. The zero-order valence-corrected chi connectivity index (χ0v) is 12.1. The van der Waals surface area contributed by atoms with Crippen molar-refractivity contribution in [2.75, 3.05) is 0 Å². The van der Waals surface area contributed by atoms with E-state index in [2.05, 4.69) is 15.6 Å². The molecule has 0 atom stereocenters. The quantitative estimate of drug-likeness (QED) is 0.859. The van der Waals surface area contributed by atoms with Crippen molar-refractivity contribution in [2.45, 2.75) is 25.4 Å². The zero-order chi connectivity index (χ0) is 16.4. The summed E-state index contributed by atoms with van der Waals surface area (Å²) in [5, 5.41) is 19.2. The molecule has 1 aliphatic carbocycles. The Hall–Kier alpha value is -2.77. The van der Waals surface area contributed by atoms with Crippen molar-refractivity contribution in [1.29, 1.82) is 0 Å². The predicted octanol–water partition coefficient (Wildman–Crippen LogP) is 1.06. The zero-order valence-electron chi connectivity index (χ0n) is 12.1. The van der Waals surface area contributed by atoms with Gasteiger partial charge in [-0.25, -0.2) is 9.07 Å². The van der Waals surface area contributed by atoms with E-state index >= 15 is 0 Å². The highest BCUT2D eigenvalue weighted by Crippen LogP contribution is 2.27. The van der Waals surface area contributed by atoms with E-state index in [1.165, 1.54) is 23.0 Å². The second-order valence-corrected chi connectivity index (χ2v) is 5.61. The average molecular weight is 318 g/mol. The first-order chi connectivity index (χ1) is 11.0. The molecule has 23 heavy (non-hydrogen) atoms. The number of nitrogens with one attached hydrogen (secondary N) is 1. The molecule has 1 heterocycles. The van der Waals surface area contributed by atoms with Crippen LogP contribution >= 0.6 is 0 Å². The number of carbonyl (C=O) groups is 2. The molecule has 0 radical (unpaired) electrons. The number of halogens is 1. The van der Waals surface area contributed by atoms with Crippen LogP contribution in [0.4, 0.5) is 4.39 Å². The Bertz CT molecular complexity index is 740. The minimum atomic E-state index is -0.837. The van der Waals surface area contributed by atoms with Gasteiger partial charge in [0.05, 0.1) is 18.7 Å². The number of aromatic nitrogens is 3. The molecule has 3 rings (SSSR count). The lowest BCUT2D eigenvalue weighted by Gasteiger charge is -2.32. The van der Waals surface area contributed by atoms with Crippen LogP contribution in [0.2, 0.25) is 0 Å². The number of carbonyl (C=O) groups excluding carboxylic acids is 1. The Balaban J connectivity index is 1.56. The molecule has 1 aromatic carbocycles. The molecule has 2 aromatic rings. The van der Waals surface area contributed by atoms with Gasteiger partial charge in [0.1, 0.15) is 5.82 Å². The lowest BCUT2D eigenvalue weighted by atomic mass is 9.80. The minimum absolute atomic E-state index is 0.142. The number of aliphatic carboxylic acids is 1. The van der Waals surface area contributed by atoms with Crippen LogP contribution in [0.25, 0.3) is 0 Å². The average Bonchev–Trinajstić information content (AvgIpc) is 2.90. The predicted molar refractivity (Wildman–Crippen MR) is 77.1 cm³/mol. The van der Waals surface area contributed by atoms with Crippen LogP contribution in [0.5, 0.6) is 0 Å². The highest BCUT2D eigenvalue weighted by molar-refractivity contribution is 5.92. The van der Waals surface area contributed by atoms with Gasteiger partial charge in [-0.05, 0) is 30.5 Å². The smallest absolute Gasteiger partial charge is 0.306 e. The first kappa shape index (κ1) is 15.1. The maximum Gasteiger partial charge on any atom is 0.306 e. The Kier molecular flexibility index (Phi) is 4.05. The standard InChI is InChI=1S/C15H15FN4O3/c16-11-3-1-2-9(4-11)7-20-8-13(18-19-20)14(21)17-12-5-10(6-12)15(22)23/h1-4,8,10,12H,5-7H2,(H,17,21)(H,22,23). The summed E-state index contributed by atoms with van der Waals surface area (Å²) in [6, 6.07) is 5.96. The molecule has 1 aliphatic rings. The summed E-state index contributed by atoms with van der Waals surface area (Å²) in [6.07, 6.45) is 2.34. The molecule has 1 fully saturated rings. The van der Waals surface area contributed by atoms with Crippen molar-refractivity contribution < 1.29 is 19.1 Å². The van der Waals surface area contributed by atoms with E-state index in [4.69, 9.17) is 5.11 Å². The van der Waals surface area contributed by atoms with Crippen molar-refractivity contribution in [3.05, 3.63) is 47.5 Å². The van der Waals surface area contributed by atoms with E-state index in [-0.39, 0.29) is 29.4 Å². The van der Waals surface area contributed by atoms with Crippen molar-refractivity contribution in [3.8, 4) is 0 Å². The maximum atomic E-state index is 13.1.